The van der Waals surface area contributed by atoms with Gasteiger partial charge in [0.2, 0.25) is 5.91 Å². The molecule has 7 heteroatoms. The van der Waals surface area contributed by atoms with Crippen molar-refractivity contribution in [3.8, 4) is 16.9 Å². The van der Waals surface area contributed by atoms with Crippen LogP contribution >= 0.6 is 0 Å². The number of carbonyl (C=O) groups is 2. The van der Waals surface area contributed by atoms with E-state index in [1.165, 1.54) is 12.1 Å². The quantitative estimate of drug-likeness (QED) is 0.480. The average molecular weight is 429 g/mol. The van der Waals surface area contributed by atoms with E-state index in [1.807, 2.05) is 24.3 Å². The van der Waals surface area contributed by atoms with Crippen molar-refractivity contribution in [2.24, 2.45) is 5.73 Å². The zero-order chi connectivity index (χ0) is 22.4. The number of anilines is 1. The maximum atomic E-state index is 15.7. The monoisotopic (exact) mass is 429 g/mol. The van der Waals surface area contributed by atoms with Gasteiger partial charge in [0.25, 0.3) is 5.91 Å². The van der Waals surface area contributed by atoms with Crippen LogP contribution in [0.4, 0.5) is 10.1 Å². The molecule has 6 nitrogen and oxygen atoms in total. The van der Waals surface area contributed by atoms with Crippen molar-refractivity contribution < 1.29 is 18.7 Å². The molecule has 1 aliphatic heterocycles. The second kappa shape index (κ2) is 7.53. The molecule has 32 heavy (non-hydrogen) atoms. The van der Waals surface area contributed by atoms with Crippen LogP contribution in [0.5, 0.6) is 5.75 Å². The highest BCUT2D eigenvalue weighted by Crippen LogP contribution is 2.46. The van der Waals surface area contributed by atoms with Crippen molar-refractivity contribution in [3.05, 3.63) is 72.6 Å². The van der Waals surface area contributed by atoms with Crippen molar-refractivity contribution in [2.75, 3.05) is 18.1 Å². The highest BCUT2D eigenvalue weighted by molar-refractivity contribution is 6.16. The number of rotatable bonds is 4. The number of aromatic nitrogens is 1. The summed E-state index contributed by atoms with van der Waals surface area (Å²) < 4.78 is 21.6. The summed E-state index contributed by atoms with van der Waals surface area (Å²) in [5.74, 6) is -0.859. The third kappa shape index (κ3) is 3.01. The minimum Gasteiger partial charge on any atom is -0.489 e. The fourth-order valence-electron chi connectivity index (χ4n) is 4.43. The number of fused-ring (bicyclic) bond motifs is 4. The predicted octanol–water partition coefficient (Wildman–Crippen LogP) is 4.07. The van der Waals surface area contributed by atoms with Crippen LogP contribution in [0.2, 0.25) is 0 Å². The van der Waals surface area contributed by atoms with Gasteiger partial charge in [-0.25, -0.2) is 4.39 Å². The summed E-state index contributed by atoms with van der Waals surface area (Å²) >= 11 is 0. The first-order valence-electron chi connectivity index (χ1n) is 10.2. The molecule has 0 fully saturated rings. The van der Waals surface area contributed by atoms with E-state index in [4.69, 9.17) is 10.5 Å². The number of para-hydroxylation sites is 2. The highest BCUT2D eigenvalue weighted by atomic mass is 19.1. The SMILES string of the molecule is C=CC(=O)N1CCOc2c(-c3c(F)cc(CC(N)=O)c4[nH]c5ccccc5c34)cccc21. The third-order valence-electron chi connectivity index (χ3n) is 5.74. The number of primary amides is 1. The molecule has 0 saturated heterocycles. The Bertz CT molecular complexity index is 1420. The molecule has 0 radical (unpaired) electrons. The van der Waals surface area contributed by atoms with E-state index < -0.39 is 11.7 Å². The molecule has 1 aromatic heterocycles. The van der Waals surface area contributed by atoms with E-state index in [-0.39, 0.29) is 18.9 Å². The van der Waals surface area contributed by atoms with Crippen molar-refractivity contribution in [2.45, 2.75) is 6.42 Å². The number of carbonyl (C=O) groups excluding carboxylic acids is 2. The number of nitrogens with two attached hydrogens (primary N) is 1. The largest absolute Gasteiger partial charge is 0.489 e. The first-order chi connectivity index (χ1) is 15.5. The maximum Gasteiger partial charge on any atom is 0.250 e. The number of halogens is 1. The number of aromatic amines is 1. The Kier molecular flexibility index (Phi) is 4.66. The Labute approximate surface area is 183 Å². The summed E-state index contributed by atoms with van der Waals surface area (Å²) in [6, 6.07) is 14.2. The fraction of sp³-hybridized carbons (Fsp3) is 0.120. The normalized spacial score (nSPS) is 13.1. The van der Waals surface area contributed by atoms with Crippen LogP contribution < -0.4 is 15.4 Å². The molecule has 3 N–H and O–H groups in total. The molecule has 0 aliphatic carbocycles. The number of hydrogen-bond donors (Lipinski definition) is 2. The first kappa shape index (κ1) is 19.8. The Morgan fingerprint density at radius 3 is 2.81 bits per heavy atom. The molecule has 0 unspecified atom stereocenters. The molecule has 3 aromatic carbocycles. The number of benzene rings is 3. The fourth-order valence-corrected chi connectivity index (χ4v) is 4.43. The summed E-state index contributed by atoms with van der Waals surface area (Å²) in [4.78, 5) is 28.9. The number of hydrogen-bond acceptors (Lipinski definition) is 3. The number of nitrogens with zero attached hydrogens (tertiary/aromatic N) is 1. The van der Waals surface area contributed by atoms with Crippen LogP contribution in [0, 0.1) is 5.82 Å². The highest BCUT2D eigenvalue weighted by Gasteiger charge is 2.28. The smallest absolute Gasteiger partial charge is 0.250 e. The molecule has 2 heterocycles. The van der Waals surface area contributed by atoms with Crippen LogP contribution in [0.3, 0.4) is 0 Å². The summed E-state index contributed by atoms with van der Waals surface area (Å²) in [7, 11) is 0. The van der Waals surface area contributed by atoms with Crippen LogP contribution in [-0.4, -0.2) is 29.9 Å². The minimum absolute atomic E-state index is 0.0917. The van der Waals surface area contributed by atoms with Gasteiger partial charge in [0, 0.05) is 27.4 Å². The number of H-pyrrole nitrogens is 1. The Hall–Kier alpha value is -4.13. The lowest BCUT2D eigenvalue weighted by atomic mass is 9.94. The lowest BCUT2D eigenvalue weighted by Crippen LogP contribution is -2.36. The molecule has 2 amide bonds. The van der Waals surface area contributed by atoms with Gasteiger partial charge in [0.15, 0.2) is 5.75 Å². The summed E-state index contributed by atoms with van der Waals surface area (Å²) in [6.07, 6.45) is 1.16. The molecule has 0 spiro atoms. The molecule has 0 atom stereocenters. The molecule has 1 aliphatic rings. The Morgan fingerprint density at radius 1 is 1.22 bits per heavy atom. The van der Waals surface area contributed by atoms with Gasteiger partial charge in [-0.3, -0.25) is 9.59 Å². The molecular formula is C25H20FN3O3. The van der Waals surface area contributed by atoms with Crippen molar-refractivity contribution in [1.82, 2.24) is 4.98 Å². The topological polar surface area (TPSA) is 88.4 Å². The average Bonchev–Trinajstić information content (AvgIpc) is 3.18. The number of amides is 2. The van der Waals surface area contributed by atoms with Gasteiger partial charge in [-0.05, 0) is 29.8 Å². The van der Waals surface area contributed by atoms with Gasteiger partial charge >= 0.3 is 0 Å². The van der Waals surface area contributed by atoms with Gasteiger partial charge in [0.1, 0.15) is 12.4 Å². The van der Waals surface area contributed by atoms with Crippen LogP contribution in [-0.2, 0) is 16.0 Å². The van der Waals surface area contributed by atoms with Gasteiger partial charge in [0.05, 0.1) is 24.2 Å². The van der Waals surface area contributed by atoms with Gasteiger partial charge in [-0.2, -0.15) is 0 Å². The Balaban J connectivity index is 1.85. The van der Waals surface area contributed by atoms with Crippen LogP contribution in [0.1, 0.15) is 5.56 Å². The van der Waals surface area contributed by atoms with E-state index in [1.54, 1.807) is 23.1 Å². The van der Waals surface area contributed by atoms with Crippen molar-refractivity contribution >= 4 is 39.3 Å². The van der Waals surface area contributed by atoms with Crippen LogP contribution in [0.25, 0.3) is 32.9 Å². The van der Waals surface area contributed by atoms with Gasteiger partial charge in [-0.15, -0.1) is 0 Å². The van der Waals surface area contributed by atoms with Gasteiger partial charge < -0.3 is 20.4 Å². The number of nitrogens with one attached hydrogen (secondary N) is 1. The number of ether oxygens (including phenoxy) is 1. The van der Waals surface area contributed by atoms with Crippen molar-refractivity contribution in [3.63, 3.8) is 0 Å². The molecule has 4 aromatic rings. The molecule has 5 rings (SSSR count). The summed E-state index contributed by atoms with van der Waals surface area (Å²) in [5.41, 5.74) is 8.80. The molecule has 0 saturated carbocycles. The zero-order valence-corrected chi connectivity index (χ0v) is 17.2. The van der Waals surface area contributed by atoms with Gasteiger partial charge in [-0.1, -0.05) is 36.9 Å². The molecule has 160 valence electrons. The van der Waals surface area contributed by atoms with E-state index in [0.29, 0.717) is 45.6 Å². The summed E-state index contributed by atoms with van der Waals surface area (Å²) in [5, 5.41) is 1.45. The van der Waals surface area contributed by atoms with E-state index in [2.05, 4.69) is 11.6 Å². The van der Waals surface area contributed by atoms with Crippen LogP contribution in [0.15, 0.2) is 61.2 Å². The van der Waals surface area contributed by atoms with E-state index in [9.17, 15) is 9.59 Å². The predicted molar refractivity (Wildman–Crippen MR) is 122 cm³/mol. The van der Waals surface area contributed by atoms with E-state index >= 15 is 4.39 Å². The second-order valence-corrected chi connectivity index (χ2v) is 7.65. The molecular weight excluding hydrogens is 409 g/mol. The second-order valence-electron chi connectivity index (χ2n) is 7.65. The standard InChI is InChI=1S/C25H20FN3O3/c1-2-21(31)29-10-11-32-25-16(7-5-9-19(25)29)22-17(26)12-14(13-20(27)30)24-23(22)15-6-3-4-8-18(15)28-24/h2-9,12,28H,1,10-11,13H2,(H2,27,30). The first-order valence-corrected chi connectivity index (χ1v) is 10.2. The molecule has 0 bridgehead atoms. The van der Waals surface area contributed by atoms with Crippen molar-refractivity contribution in [1.29, 1.82) is 0 Å². The minimum atomic E-state index is -0.545. The Morgan fingerprint density at radius 2 is 2.03 bits per heavy atom. The zero-order valence-electron chi connectivity index (χ0n) is 17.2. The summed E-state index contributed by atoms with van der Waals surface area (Å²) in [6.45, 7) is 4.23. The maximum absolute atomic E-state index is 15.7. The van der Waals surface area contributed by atoms with E-state index in [0.717, 1.165) is 10.9 Å². The third-order valence-corrected chi connectivity index (χ3v) is 5.74. The lowest BCUT2D eigenvalue weighted by Gasteiger charge is -2.30. The lowest BCUT2D eigenvalue weighted by molar-refractivity contribution is -0.117.